The molecule has 2 aromatic carbocycles. The van der Waals surface area contributed by atoms with E-state index in [9.17, 15) is 4.79 Å². The zero-order valence-electron chi connectivity index (χ0n) is 16.4. The number of benzene rings is 2. The highest BCUT2D eigenvalue weighted by Gasteiger charge is 2.21. The SMILES string of the molecule is COc1ccc2c(CCN[C@@H]3CCc4cc(C=CC(=O)NO)ccc43)c[nH]c2c1. The number of hydrogen-bond donors (Lipinski definition) is 4. The molecule has 6 heteroatoms. The third-order valence-electron chi connectivity index (χ3n) is 5.54. The number of nitrogens with one attached hydrogen (secondary N) is 3. The van der Waals surface area contributed by atoms with Gasteiger partial charge in [0.2, 0.25) is 0 Å². The summed E-state index contributed by atoms with van der Waals surface area (Å²) >= 11 is 0. The van der Waals surface area contributed by atoms with Crippen LogP contribution in [0.25, 0.3) is 17.0 Å². The smallest absolute Gasteiger partial charge is 0.267 e. The Kier molecular flexibility index (Phi) is 5.64. The highest BCUT2D eigenvalue weighted by atomic mass is 16.5. The number of aromatic amines is 1. The maximum absolute atomic E-state index is 11.1. The van der Waals surface area contributed by atoms with Gasteiger partial charge in [0.1, 0.15) is 5.75 Å². The fourth-order valence-corrected chi connectivity index (χ4v) is 4.04. The first-order valence-corrected chi connectivity index (χ1v) is 9.80. The lowest BCUT2D eigenvalue weighted by molar-refractivity contribution is -0.124. The average Bonchev–Trinajstić information content (AvgIpc) is 3.35. The van der Waals surface area contributed by atoms with Crippen molar-refractivity contribution < 1.29 is 14.7 Å². The Morgan fingerprint density at radius 1 is 1.31 bits per heavy atom. The van der Waals surface area contributed by atoms with Crippen LogP contribution in [0.2, 0.25) is 0 Å². The minimum Gasteiger partial charge on any atom is -0.497 e. The molecule has 4 N–H and O–H groups in total. The molecule has 6 nitrogen and oxygen atoms in total. The van der Waals surface area contributed by atoms with Gasteiger partial charge in [-0.1, -0.05) is 18.2 Å². The normalized spacial score (nSPS) is 15.7. The molecular formula is C23H25N3O3. The Morgan fingerprint density at radius 3 is 3.03 bits per heavy atom. The number of ether oxygens (including phenoxy) is 1. The molecule has 0 saturated heterocycles. The highest BCUT2D eigenvalue weighted by Crippen LogP contribution is 2.32. The van der Waals surface area contributed by atoms with Gasteiger partial charge in [-0.2, -0.15) is 0 Å². The third-order valence-corrected chi connectivity index (χ3v) is 5.54. The van der Waals surface area contributed by atoms with Crippen molar-refractivity contribution in [2.75, 3.05) is 13.7 Å². The molecule has 1 aliphatic rings. The molecule has 3 aromatic rings. The van der Waals surface area contributed by atoms with Crippen molar-refractivity contribution in [3.63, 3.8) is 0 Å². The Balaban J connectivity index is 1.37. The number of amides is 1. The fourth-order valence-electron chi connectivity index (χ4n) is 4.04. The molecule has 0 bridgehead atoms. The highest BCUT2D eigenvalue weighted by molar-refractivity contribution is 5.90. The fraction of sp³-hybridized carbons (Fsp3) is 0.261. The zero-order valence-corrected chi connectivity index (χ0v) is 16.4. The first kappa shape index (κ1) is 19.2. The topological polar surface area (TPSA) is 86.4 Å². The van der Waals surface area contributed by atoms with Crippen molar-refractivity contribution in [3.8, 4) is 5.75 Å². The number of fused-ring (bicyclic) bond motifs is 2. The lowest BCUT2D eigenvalue weighted by Gasteiger charge is -2.14. The Hall–Kier alpha value is -3.09. The largest absolute Gasteiger partial charge is 0.497 e. The summed E-state index contributed by atoms with van der Waals surface area (Å²) in [6.07, 6.45) is 8.16. The second-order valence-corrected chi connectivity index (χ2v) is 7.29. The first-order chi connectivity index (χ1) is 14.2. The van der Waals surface area contributed by atoms with Crippen LogP contribution in [0.3, 0.4) is 0 Å². The van der Waals surface area contributed by atoms with E-state index >= 15 is 0 Å². The lowest BCUT2D eigenvalue weighted by atomic mass is 10.0. The van der Waals surface area contributed by atoms with E-state index in [2.05, 4.69) is 34.7 Å². The van der Waals surface area contributed by atoms with Crippen LogP contribution in [-0.2, 0) is 17.6 Å². The van der Waals surface area contributed by atoms with Gasteiger partial charge in [0.15, 0.2) is 0 Å². The molecule has 1 amide bonds. The molecule has 0 unspecified atom stereocenters. The summed E-state index contributed by atoms with van der Waals surface area (Å²) in [7, 11) is 1.68. The van der Waals surface area contributed by atoms with Gasteiger partial charge in [0.25, 0.3) is 5.91 Å². The quantitative estimate of drug-likeness (QED) is 0.282. The van der Waals surface area contributed by atoms with Crippen molar-refractivity contribution in [1.82, 2.24) is 15.8 Å². The van der Waals surface area contributed by atoms with E-state index in [0.29, 0.717) is 6.04 Å². The van der Waals surface area contributed by atoms with E-state index in [1.807, 2.05) is 18.2 Å². The number of rotatable bonds is 7. The van der Waals surface area contributed by atoms with Crippen LogP contribution in [0.15, 0.2) is 48.7 Å². The molecule has 1 heterocycles. The number of aromatic nitrogens is 1. The van der Waals surface area contributed by atoms with Crippen LogP contribution in [0.1, 0.15) is 34.7 Å². The molecule has 4 rings (SSSR count). The monoisotopic (exact) mass is 391 g/mol. The molecule has 1 aromatic heterocycles. The summed E-state index contributed by atoms with van der Waals surface area (Å²) in [4.78, 5) is 14.5. The molecule has 0 aliphatic heterocycles. The minimum atomic E-state index is -0.527. The molecule has 0 radical (unpaired) electrons. The van der Waals surface area contributed by atoms with Gasteiger partial charge in [0.05, 0.1) is 7.11 Å². The van der Waals surface area contributed by atoms with Crippen LogP contribution in [0, 0.1) is 0 Å². The third kappa shape index (κ3) is 4.18. The Morgan fingerprint density at radius 2 is 2.21 bits per heavy atom. The summed E-state index contributed by atoms with van der Waals surface area (Å²) in [6, 6.07) is 12.7. The van der Waals surface area contributed by atoms with E-state index in [0.717, 1.165) is 42.6 Å². The van der Waals surface area contributed by atoms with Crippen molar-refractivity contribution in [2.24, 2.45) is 0 Å². The molecule has 29 heavy (non-hydrogen) atoms. The van der Waals surface area contributed by atoms with Gasteiger partial charge in [-0.15, -0.1) is 0 Å². The number of hydrogen-bond acceptors (Lipinski definition) is 4. The number of aryl methyl sites for hydroxylation is 1. The Labute approximate surface area is 169 Å². The molecule has 0 spiro atoms. The van der Waals surface area contributed by atoms with Crippen LogP contribution in [-0.4, -0.2) is 29.8 Å². The van der Waals surface area contributed by atoms with Crippen LogP contribution in [0.4, 0.5) is 0 Å². The number of carbonyl (C=O) groups is 1. The number of methoxy groups -OCH3 is 1. The maximum atomic E-state index is 11.1. The zero-order chi connectivity index (χ0) is 20.2. The molecular weight excluding hydrogens is 366 g/mol. The standard InChI is InChI=1S/C23H25N3O3/c1-29-18-5-7-20-17(14-25-22(20)13-18)10-11-24-21-8-4-16-12-15(2-6-19(16)21)3-9-23(27)26-28/h2-3,5-7,9,12-14,21,24-25,28H,4,8,10-11H2,1H3,(H,26,27)/t21-/m1/s1. The Bertz CT molecular complexity index is 1050. The first-order valence-electron chi connectivity index (χ1n) is 9.80. The minimum absolute atomic E-state index is 0.356. The second kappa shape index (κ2) is 8.51. The van der Waals surface area contributed by atoms with Crippen molar-refractivity contribution in [2.45, 2.75) is 25.3 Å². The lowest BCUT2D eigenvalue weighted by Crippen LogP contribution is -2.21. The van der Waals surface area contributed by atoms with Crippen molar-refractivity contribution in [1.29, 1.82) is 0 Å². The number of hydroxylamine groups is 1. The summed E-state index contributed by atoms with van der Waals surface area (Å²) < 4.78 is 5.29. The second-order valence-electron chi connectivity index (χ2n) is 7.29. The van der Waals surface area contributed by atoms with Crippen molar-refractivity contribution >= 4 is 22.9 Å². The number of carbonyl (C=O) groups excluding carboxylic acids is 1. The predicted molar refractivity (Wildman–Crippen MR) is 113 cm³/mol. The molecule has 1 atom stereocenters. The van der Waals surface area contributed by atoms with E-state index in [4.69, 9.17) is 9.94 Å². The van der Waals surface area contributed by atoms with Crippen LogP contribution >= 0.6 is 0 Å². The van der Waals surface area contributed by atoms with Crippen LogP contribution in [0.5, 0.6) is 5.75 Å². The maximum Gasteiger partial charge on any atom is 0.267 e. The van der Waals surface area contributed by atoms with E-state index in [1.54, 1.807) is 18.7 Å². The van der Waals surface area contributed by atoms with Gasteiger partial charge in [-0.05, 0) is 66.3 Å². The van der Waals surface area contributed by atoms with Gasteiger partial charge in [-0.3, -0.25) is 10.0 Å². The van der Waals surface area contributed by atoms with Gasteiger partial charge < -0.3 is 15.0 Å². The number of H-pyrrole nitrogens is 1. The summed E-state index contributed by atoms with van der Waals surface area (Å²) in [6.45, 7) is 0.904. The van der Waals surface area contributed by atoms with Crippen molar-refractivity contribution in [3.05, 3.63) is 70.9 Å². The predicted octanol–water partition coefficient (Wildman–Crippen LogP) is 3.51. The van der Waals surface area contributed by atoms with E-state index < -0.39 is 5.91 Å². The average molecular weight is 391 g/mol. The van der Waals surface area contributed by atoms with E-state index in [-0.39, 0.29) is 0 Å². The summed E-state index contributed by atoms with van der Waals surface area (Å²) in [5.41, 5.74) is 7.61. The molecule has 150 valence electrons. The summed E-state index contributed by atoms with van der Waals surface area (Å²) in [5.74, 6) is 0.332. The molecule has 0 fully saturated rings. The van der Waals surface area contributed by atoms with Gasteiger partial charge in [-0.25, -0.2) is 5.48 Å². The molecule has 0 saturated carbocycles. The van der Waals surface area contributed by atoms with Gasteiger partial charge >= 0.3 is 0 Å². The van der Waals surface area contributed by atoms with Crippen LogP contribution < -0.4 is 15.5 Å². The summed E-state index contributed by atoms with van der Waals surface area (Å²) in [5, 5.41) is 13.5. The van der Waals surface area contributed by atoms with E-state index in [1.165, 1.54) is 28.2 Å². The van der Waals surface area contributed by atoms with Gasteiger partial charge in [0, 0.05) is 35.3 Å². The molecule has 1 aliphatic carbocycles.